The molecule has 1 spiro atoms. The summed E-state index contributed by atoms with van der Waals surface area (Å²) in [5.74, 6) is 1.08. The first-order valence-electron chi connectivity index (χ1n) is 5.82. The van der Waals surface area contributed by atoms with Crippen molar-refractivity contribution in [2.24, 2.45) is 11.3 Å². The highest BCUT2D eigenvalue weighted by Gasteiger charge is 2.52. The summed E-state index contributed by atoms with van der Waals surface area (Å²) < 4.78 is 0. The van der Waals surface area contributed by atoms with Crippen LogP contribution >= 0.6 is 0 Å². The van der Waals surface area contributed by atoms with Crippen molar-refractivity contribution in [3.05, 3.63) is 0 Å². The molecule has 0 atom stereocenters. The van der Waals surface area contributed by atoms with Crippen LogP contribution in [0.4, 0.5) is 0 Å². The van der Waals surface area contributed by atoms with Gasteiger partial charge in [-0.25, -0.2) is 0 Å². The highest BCUT2D eigenvalue weighted by Crippen LogP contribution is 2.46. The van der Waals surface area contributed by atoms with E-state index in [0.717, 1.165) is 25.3 Å². The largest absolute Gasteiger partial charge is 0.334 e. The zero-order valence-corrected chi connectivity index (χ0v) is 9.58. The van der Waals surface area contributed by atoms with E-state index in [1.165, 1.54) is 12.8 Å². The van der Waals surface area contributed by atoms with E-state index in [1.807, 2.05) is 0 Å². The highest BCUT2D eigenvalue weighted by molar-refractivity contribution is 5.92. The number of Topliss-reactive ketones (excluding diaryl/α,β-unsaturated/α-hetero) is 1. The van der Waals surface area contributed by atoms with Crippen molar-refractivity contribution >= 4 is 11.7 Å². The number of hydrogen-bond acceptors (Lipinski definition) is 2. The van der Waals surface area contributed by atoms with Crippen molar-refractivity contribution in [2.45, 2.75) is 39.5 Å². The summed E-state index contributed by atoms with van der Waals surface area (Å²) in [6, 6.07) is 0. The minimum absolute atomic E-state index is 0.0675. The molecule has 2 aliphatic rings. The summed E-state index contributed by atoms with van der Waals surface area (Å²) >= 11 is 0. The standard InChI is InChI=1S/C12H19NO2/c1-9-3-5-12(6-4-9)8-13(11(12)15)7-10(2)14/h9H,3-8H2,1-2H3. The number of amides is 1. The first-order valence-corrected chi connectivity index (χ1v) is 5.82. The first kappa shape index (κ1) is 10.7. The van der Waals surface area contributed by atoms with E-state index >= 15 is 0 Å². The maximum atomic E-state index is 12.0. The summed E-state index contributed by atoms with van der Waals surface area (Å²) in [6.07, 6.45) is 4.39. The van der Waals surface area contributed by atoms with Gasteiger partial charge in [-0.2, -0.15) is 0 Å². The average Bonchev–Trinajstić information content (AvgIpc) is 2.19. The molecule has 2 fully saturated rings. The maximum absolute atomic E-state index is 12.0. The van der Waals surface area contributed by atoms with Crippen molar-refractivity contribution in [2.75, 3.05) is 13.1 Å². The Balaban J connectivity index is 1.93. The van der Waals surface area contributed by atoms with E-state index in [-0.39, 0.29) is 17.1 Å². The molecule has 84 valence electrons. The summed E-state index contributed by atoms with van der Waals surface area (Å²) in [7, 11) is 0. The van der Waals surface area contributed by atoms with E-state index in [2.05, 4.69) is 6.92 Å². The fraction of sp³-hybridized carbons (Fsp3) is 0.833. The van der Waals surface area contributed by atoms with E-state index in [9.17, 15) is 9.59 Å². The van der Waals surface area contributed by atoms with Gasteiger partial charge in [-0.05, 0) is 38.5 Å². The molecule has 0 radical (unpaired) electrons. The molecular weight excluding hydrogens is 190 g/mol. The molecule has 1 aliphatic heterocycles. The fourth-order valence-electron chi connectivity index (χ4n) is 2.83. The molecule has 0 aromatic rings. The summed E-state index contributed by atoms with van der Waals surface area (Å²) in [5.41, 5.74) is -0.0675. The van der Waals surface area contributed by atoms with Gasteiger partial charge in [-0.15, -0.1) is 0 Å². The molecule has 0 unspecified atom stereocenters. The average molecular weight is 209 g/mol. The van der Waals surface area contributed by atoms with Gasteiger partial charge in [0.25, 0.3) is 0 Å². The fourth-order valence-corrected chi connectivity index (χ4v) is 2.83. The Hall–Kier alpha value is -0.860. The lowest BCUT2D eigenvalue weighted by molar-refractivity contribution is -0.166. The second-order valence-corrected chi connectivity index (χ2v) is 5.33. The molecule has 2 rings (SSSR count). The Morgan fingerprint density at radius 1 is 1.47 bits per heavy atom. The topological polar surface area (TPSA) is 37.4 Å². The molecule has 1 saturated carbocycles. The van der Waals surface area contributed by atoms with Crippen LogP contribution in [-0.2, 0) is 9.59 Å². The summed E-state index contributed by atoms with van der Waals surface area (Å²) in [5, 5.41) is 0. The maximum Gasteiger partial charge on any atom is 0.231 e. The lowest BCUT2D eigenvalue weighted by Gasteiger charge is -2.51. The number of ketones is 1. The van der Waals surface area contributed by atoms with Crippen LogP contribution in [0.2, 0.25) is 0 Å². The molecule has 15 heavy (non-hydrogen) atoms. The Bertz CT molecular complexity index is 290. The van der Waals surface area contributed by atoms with Gasteiger partial charge < -0.3 is 4.90 Å². The zero-order valence-electron chi connectivity index (χ0n) is 9.58. The summed E-state index contributed by atoms with van der Waals surface area (Å²) in [6.45, 7) is 4.93. The van der Waals surface area contributed by atoms with Gasteiger partial charge in [0.1, 0.15) is 5.78 Å². The Kier molecular flexibility index (Phi) is 2.57. The van der Waals surface area contributed by atoms with Crippen LogP contribution in [0, 0.1) is 11.3 Å². The van der Waals surface area contributed by atoms with Crippen LogP contribution in [0.5, 0.6) is 0 Å². The number of likely N-dealkylation sites (tertiary alicyclic amines) is 1. The van der Waals surface area contributed by atoms with E-state index in [4.69, 9.17) is 0 Å². The van der Waals surface area contributed by atoms with Crippen LogP contribution < -0.4 is 0 Å². The van der Waals surface area contributed by atoms with Crippen molar-refractivity contribution in [3.8, 4) is 0 Å². The van der Waals surface area contributed by atoms with Crippen molar-refractivity contribution in [1.82, 2.24) is 4.90 Å². The van der Waals surface area contributed by atoms with Crippen molar-refractivity contribution in [1.29, 1.82) is 0 Å². The van der Waals surface area contributed by atoms with Gasteiger partial charge in [0.05, 0.1) is 12.0 Å². The second kappa shape index (κ2) is 3.62. The van der Waals surface area contributed by atoms with Gasteiger partial charge in [-0.3, -0.25) is 9.59 Å². The van der Waals surface area contributed by atoms with Gasteiger partial charge in [0.2, 0.25) is 5.91 Å². The Labute approximate surface area is 90.8 Å². The van der Waals surface area contributed by atoms with Crippen LogP contribution in [0.3, 0.4) is 0 Å². The molecule has 0 aromatic carbocycles. The van der Waals surface area contributed by atoms with Crippen LogP contribution in [0.15, 0.2) is 0 Å². The predicted molar refractivity (Wildman–Crippen MR) is 57.3 cm³/mol. The van der Waals surface area contributed by atoms with Gasteiger partial charge in [0.15, 0.2) is 0 Å². The minimum atomic E-state index is -0.0675. The zero-order chi connectivity index (χ0) is 11.1. The Morgan fingerprint density at radius 3 is 2.53 bits per heavy atom. The van der Waals surface area contributed by atoms with Crippen LogP contribution in [-0.4, -0.2) is 29.7 Å². The molecule has 3 nitrogen and oxygen atoms in total. The van der Waals surface area contributed by atoms with Crippen LogP contribution in [0.1, 0.15) is 39.5 Å². The SMILES string of the molecule is CC(=O)CN1CC2(CCC(C)CC2)C1=O. The molecule has 0 aromatic heterocycles. The lowest BCUT2D eigenvalue weighted by atomic mass is 9.65. The predicted octanol–water partition coefficient (Wildman–Crippen LogP) is 1.61. The van der Waals surface area contributed by atoms with Gasteiger partial charge >= 0.3 is 0 Å². The van der Waals surface area contributed by atoms with E-state index in [1.54, 1.807) is 11.8 Å². The molecular formula is C12H19NO2. The number of carbonyl (C=O) groups excluding carboxylic acids is 2. The number of β-lactam (4-membered cyclic amide) rings is 1. The Morgan fingerprint density at radius 2 is 2.07 bits per heavy atom. The van der Waals surface area contributed by atoms with E-state index < -0.39 is 0 Å². The second-order valence-electron chi connectivity index (χ2n) is 5.33. The molecule has 0 bridgehead atoms. The third kappa shape index (κ3) is 1.80. The van der Waals surface area contributed by atoms with E-state index in [0.29, 0.717) is 6.54 Å². The number of nitrogens with zero attached hydrogens (tertiary/aromatic N) is 1. The van der Waals surface area contributed by atoms with Gasteiger partial charge in [-0.1, -0.05) is 6.92 Å². The lowest BCUT2D eigenvalue weighted by Crippen LogP contribution is -2.63. The van der Waals surface area contributed by atoms with Gasteiger partial charge in [0, 0.05) is 6.54 Å². The minimum Gasteiger partial charge on any atom is -0.334 e. The normalized spacial score (nSPS) is 35.5. The highest BCUT2D eigenvalue weighted by atomic mass is 16.2. The number of hydrogen-bond donors (Lipinski definition) is 0. The number of carbonyl (C=O) groups is 2. The smallest absolute Gasteiger partial charge is 0.231 e. The molecule has 1 aliphatic carbocycles. The molecule has 1 amide bonds. The number of rotatable bonds is 2. The molecule has 3 heteroatoms. The third-order valence-electron chi connectivity index (χ3n) is 3.88. The monoisotopic (exact) mass is 209 g/mol. The quantitative estimate of drug-likeness (QED) is 0.648. The molecule has 0 N–H and O–H groups in total. The molecule has 1 heterocycles. The first-order chi connectivity index (χ1) is 7.03. The third-order valence-corrected chi connectivity index (χ3v) is 3.88. The van der Waals surface area contributed by atoms with Crippen molar-refractivity contribution in [3.63, 3.8) is 0 Å². The van der Waals surface area contributed by atoms with Crippen molar-refractivity contribution < 1.29 is 9.59 Å². The summed E-state index contributed by atoms with van der Waals surface area (Å²) in [4.78, 5) is 24.6. The molecule has 1 saturated heterocycles. The van der Waals surface area contributed by atoms with Crippen LogP contribution in [0.25, 0.3) is 0 Å².